The molecule has 1 aliphatic carbocycles. The number of β-amino-alcohol motifs (C(OH)–C–C–N with tert-alkyl or cyclic N) is 1. The van der Waals surface area contributed by atoms with Gasteiger partial charge in [-0.15, -0.1) is 0 Å². The van der Waals surface area contributed by atoms with Gasteiger partial charge >= 0.3 is 0 Å². The number of aliphatic hydroxyl groups is 1. The Morgan fingerprint density at radius 2 is 2.11 bits per heavy atom. The molecule has 0 aromatic heterocycles. The van der Waals surface area contributed by atoms with E-state index in [1.807, 2.05) is 6.92 Å². The molecule has 0 spiro atoms. The number of rotatable bonds is 2. The number of likely N-dealkylation sites (tertiary alicyclic amines) is 1. The molecule has 3 atom stereocenters. The van der Waals surface area contributed by atoms with Crippen LogP contribution in [0.3, 0.4) is 0 Å². The van der Waals surface area contributed by atoms with Gasteiger partial charge in [-0.2, -0.15) is 0 Å². The Balaban J connectivity index is 1.93. The third-order valence-electron chi connectivity index (χ3n) is 5.00. The highest BCUT2D eigenvalue weighted by molar-refractivity contribution is 5.82. The van der Waals surface area contributed by atoms with Crippen LogP contribution in [0.15, 0.2) is 0 Å². The fourth-order valence-corrected chi connectivity index (χ4v) is 3.58. The molecule has 2 aliphatic rings. The van der Waals surface area contributed by atoms with E-state index >= 15 is 0 Å². The van der Waals surface area contributed by atoms with Gasteiger partial charge in [-0.05, 0) is 37.5 Å². The summed E-state index contributed by atoms with van der Waals surface area (Å²) in [6.45, 7) is 11.2. The van der Waals surface area contributed by atoms with Crippen molar-refractivity contribution in [2.24, 2.45) is 17.3 Å². The van der Waals surface area contributed by atoms with Gasteiger partial charge in [-0.25, -0.2) is 0 Å². The van der Waals surface area contributed by atoms with E-state index in [9.17, 15) is 9.90 Å². The highest BCUT2D eigenvalue weighted by Crippen LogP contribution is 2.39. The van der Waals surface area contributed by atoms with E-state index in [0.29, 0.717) is 17.1 Å². The Labute approximate surface area is 117 Å². The summed E-state index contributed by atoms with van der Waals surface area (Å²) in [5.74, 6) is 1.28. The summed E-state index contributed by atoms with van der Waals surface area (Å²) in [5, 5.41) is 10.0. The molecule has 110 valence electrons. The van der Waals surface area contributed by atoms with Crippen molar-refractivity contribution < 1.29 is 9.90 Å². The van der Waals surface area contributed by atoms with Crippen molar-refractivity contribution in [1.29, 1.82) is 0 Å². The zero-order valence-electron chi connectivity index (χ0n) is 12.9. The highest BCUT2D eigenvalue weighted by Gasteiger charge is 2.38. The standard InChI is InChI=1S/C16H29NO2/c1-15(2,3)13-5-6-14(18)12(9-13)10-17-8-7-16(4,19)11-17/h12-13,19H,5-11H2,1-4H3. The third kappa shape index (κ3) is 3.79. The molecule has 0 aromatic rings. The predicted molar refractivity (Wildman–Crippen MR) is 77.0 cm³/mol. The molecule has 1 heterocycles. The summed E-state index contributed by atoms with van der Waals surface area (Å²) in [7, 11) is 0. The summed E-state index contributed by atoms with van der Waals surface area (Å²) in [6.07, 6.45) is 3.66. The molecule has 19 heavy (non-hydrogen) atoms. The quantitative estimate of drug-likeness (QED) is 0.835. The number of hydrogen-bond acceptors (Lipinski definition) is 3. The Bertz CT molecular complexity index is 343. The molecule has 3 nitrogen and oxygen atoms in total. The first-order valence-electron chi connectivity index (χ1n) is 7.65. The minimum atomic E-state index is -0.554. The molecular formula is C16H29NO2. The Morgan fingerprint density at radius 3 is 2.63 bits per heavy atom. The fraction of sp³-hybridized carbons (Fsp3) is 0.938. The number of ketones is 1. The molecule has 2 rings (SSSR count). The van der Waals surface area contributed by atoms with Gasteiger partial charge in [0.05, 0.1) is 5.60 Å². The van der Waals surface area contributed by atoms with Crippen molar-refractivity contribution in [1.82, 2.24) is 4.90 Å². The largest absolute Gasteiger partial charge is 0.389 e. The van der Waals surface area contributed by atoms with Crippen molar-refractivity contribution >= 4 is 5.78 Å². The molecule has 1 saturated heterocycles. The molecule has 1 aliphatic heterocycles. The van der Waals surface area contributed by atoms with Crippen molar-refractivity contribution in [2.45, 2.75) is 59.0 Å². The molecule has 0 aromatic carbocycles. The molecule has 2 fully saturated rings. The monoisotopic (exact) mass is 267 g/mol. The van der Waals surface area contributed by atoms with E-state index in [2.05, 4.69) is 25.7 Å². The summed E-state index contributed by atoms with van der Waals surface area (Å²) < 4.78 is 0. The van der Waals surface area contributed by atoms with Crippen LogP contribution in [0.5, 0.6) is 0 Å². The van der Waals surface area contributed by atoms with Gasteiger partial charge < -0.3 is 5.11 Å². The van der Waals surface area contributed by atoms with Gasteiger partial charge in [0.15, 0.2) is 0 Å². The van der Waals surface area contributed by atoms with Crippen LogP contribution in [0.1, 0.15) is 53.4 Å². The van der Waals surface area contributed by atoms with Crippen molar-refractivity contribution in [3.8, 4) is 0 Å². The number of Topliss-reactive ketones (excluding diaryl/α,β-unsaturated/α-hetero) is 1. The SMILES string of the molecule is CC1(O)CCN(CC2CC(C(C)(C)C)CCC2=O)C1. The van der Waals surface area contributed by atoms with E-state index in [0.717, 1.165) is 45.3 Å². The maximum absolute atomic E-state index is 12.1. The Kier molecular flexibility index (Phi) is 4.08. The number of hydrogen-bond donors (Lipinski definition) is 1. The van der Waals surface area contributed by atoms with E-state index in [-0.39, 0.29) is 5.92 Å². The Morgan fingerprint density at radius 1 is 1.42 bits per heavy atom. The minimum absolute atomic E-state index is 0.187. The number of carbonyl (C=O) groups is 1. The van der Waals surface area contributed by atoms with Crippen LogP contribution in [0, 0.1) is 17.3 Å². The lowest BCUT2D eigenvalue weighted by atomic mass is 9.68. The van der Waals surface area contributed by atoms with Gasteiger partial charge in [0, 0.05) is 32.0 Å². The third-order valence-corrected chi connectivity index (χ3v) is 5.00. The number of carbonyl (C=O) groups excluding carboxylic acids is 1. The predicted octanol–water partition coefficient (Wildman–Crippen LogP) is 2.47. The second-order valence-corrected chi connectivity index (χ2v) is 7.98. The highest BCUT2D eigenvalue weighted by atomic mass is 16.3. The van der Waals surface area contributed by atoms with Crippen LogP contribution in [-0.4, -0.2) is 41.0 Å². The smallest absolute Gasteiger partial charge is 0.137 e. The second-order valence-electron chi connectivity index (χ2n) is 7.98. The van der Waals surface area contributed by atoms with Gasteiger partial charge in [0.2, 0.25) is 0 Å². The van der Waals surface area contributed by atoms with Gasteiger partial charge in [-0.3, -0.25) is 9.69 Å². The van der Waals surface area contributed by atoms with Crippen LogP contribution in [-0.2, 0) is 4.79 Å². The minimum Gasteiger partial charge on any atom is -0.389 e. The summed E-state index contributed by atoms with van der Waals surface area (Å²) >= 11 is 0. The molecule has 3 heteroatoms. The second kappa shape index (κ2) is 5.17. The first-order valence-corrected chi connectivity index (χ1v) is 7.65. The summed E-state index contributed by atoms with van der Waals surface area (Å²) in [5.41, 5.74) is -0.253. The van der Waals surface area contributed by atoms with Crippen LogP contribution in [0.25, 0.3) is 0 Å². The molecule has 0 amide bonds. The zero-order chi connectivity index (χ0) is 14.3. The van der Waals surface area contributed by atoms with Gasteiger partial charge in [0.1, 0.15) is 5.78 Å². The summed E-state index contributed by atoms with van der Waals surface area (Å²) in [6, 6.07) is 0. The van der Waals surface area contributed by atoms with Crippen LogP contribution >= 0.6 is 0 Å². The normalized spacial score (nSPS) is 37.8. The number of nitrogens with zero attached hydrogens (tertiary/aromatic N) is 1. The topological polar surface area (TPSA) is 40.5 Å². The van der Waals surface area contributed by atoms with E-state index in [1.54, 1.807) is 0 Å². The van der Waals surface area contributed by atoms with Crippen LogP contribution in [0.2, 0.25) is 0 Å². The van der Waals surface area contributed by atoms with Crippen molar-refractivity contribution in [2.75, 3.05) is 19.6 Å². The molecule has 1 N–H and O–H groups in total. The maximum Gasteiger partial charge on any atom is 0.137 e. The van der Waals surface area contributed by atoms with E-state index in [1.165, 1.54) is 0 Å². The maximum atomic E-state index is 12.1. The van der Waals surface area contributed by atoms with E-state index < -0.39 is 5.60 Å². The molecule has 0 radical (unpaired) electrons. The lowest BCUT2D eigenvalue weighted by Crippen LogP contribution is -2.39. The summed E-state index contributed by atoms with van der Waals surface area (Å²) in [4.78, 5) is 14.4. The molecule has 0 bridgehead atoms. The van der Waals surface area contributed by atoms with E-state index in [4.69, 9.17) is 0 Å². The lowest BCUT2D eigenvalue weighted by Gasteiger charge is -2.38. The fourth-order valence-electron chi connectivity index (χ4n) is 3.58. The average molecular weight is 267 g/mol. The molecule has 3 unspecified atom stereocenters. The van der Waals surface area contributed by atoms with Gasteiger partial charge in [-0.1, -0.05) is 20.8 Å². The van der Waals surface area contributed by atoms with Crippen molar-refractivity contribution in [3.05, 3.63) is 0 Å². The van der Waals surface area contributed by atoms with Gasteiger partial charge in [0.25, 0.3) is 0 Å². The first kappa shape index (κ1) is 15.0. The van der Waals surface area contributed by atoms with Crippen molar-refractivity contribution in [3.63, 3.8) is 0 Å². The average Bonchev–Trinajstić information content (AvgIpc) is 2.60. The van der Waals surface area contributed by atoms with Crippen LogP contribution in [0.4, 0.5) is 0 Å². The van der Waals surface area contributed by atoms with Crippen LogP contribution < -0.4 is 0 Å². The lowest BCUT2D eigenvalue weighted by molar-refractivity contribution is -0.127. The molecular weight excluding hydrogens is 238 g/mol. The molecule has 1 saturated carbocycles. The Hall–Kier alpha value is -0.410. The zero-order valence-corrected chi connectivity index (χ0v) is 12.9. The first-order chi connectivity index (χ1) is 8.67.